The normalized spacial score (nSPS) is 12.2. The molecular formula is C16H23ClO2. The minimum atomic E-state index is -0.0147. The van der Waals surface area contributed by atoms with Crippen LogP contribution in [-0.4, -0.2) is 12.4 Å². The summed E-state index contributed by atoms with van der Waals surface area (Å²) in [6.45, 7) is 6.57. The van der Waals surface area contributed by atoms with Crippen LogP contribution in [0.15, 0.2) is 18.2 Å². The Morgan fingerprint density at radius 3 is 2.68 bits per heavy atom. The highest BCUT2D eigenvalue weighted by Crippen LogP contribution is 2.25. The number of halogens is 1. The van der Waals surface area contributed by atoms with Gasteiger partial charge in [-0.1, -0.05) is 44.7 Å². The van der Waals surface area contributed by atoms with E-state index in [0.29, 0.717) is 28.9 Å². The van der Waals surface area contributed by atoms with Crippen molar-refractivity contribution in [3.05, 3.63) is 28.8 Å². The predicted octanol–water partition coefficient (Wildman–Crippen LogP) is 5.14. The summed E-state index contributed by atoms with van der Waals surface area (Å²) >= 11 is 5.91. The maximum absolute atomic E-state index is 11.6. The van der Waals surface area contributed by atoms with Gasteiger partial charge < -0.3 is 4.74 Å². The first-order chi connectivity index (χ1) is 9.08. The van der Waals surface area contributed by atoms with Crippen molar-refractivity contribution in [1.82, 2.24) is 0 Å². The van der Waals surface area contributed by atoms with Gasteiger partial charge in [0.2, 0.25) is 0 Å². The number of ketones is 1. The third kappa shape index (κ3) is 5.23. The third-order valence-corrected chi connectivity index (χ3v) is 3.57. The zero-order chi connectivity index (χ0) is 14.3. The van der Waals surface area contributed by atoms with Gasteiger partial charge in [0.25, 0.3) is 0 Å². The Kier molecular flexibility index (Phi) is 6.93. The zero-order valence-corrected chi connectivity index (χ0v) is 12.8. The van der Waals surface area contributed by atoms with Crippen LogP contribution in [0.25, 0.3) is 0 Å². The van der Waals surface area contributed by atoms with Gasteiger partial charge in [-0.2, -0.15) is 0 Å². The van der Waals surface area contributed by atoms with E-state index in [-0.39, 0.29) is 5.78 Å². The van der Waals surface area contributed by atoms with Crippen molar-refractivity contribution in [2.75, 3.05) is 6.61 Å². The molecule has 1 aromatic carbocycles. The van der Waals surface area contributed by atoms with Crippen molar-refractivity contribution in [3.8, 4) is 5.75 Å². The van der Waals surface area contributed by atoms with E-state index in [2.05, 4.69) is 13.8 Å². The molecule has 0 aliphatic carbocycles. The van der Waals surface area contributed by atoms with Crippen LogP contribution in [0.3, 0.4) is 0 Å². The van der Waals surface area contributed by atoms with Crippen LogP contribution in [0.1, 0.15) is 56.8 Å². The van der Waals surface area contributed by atoms with E-state index in [0.717, 1.165) is 6.42 Å². The molecule has 0 aromatic heterocycles. The molecule has 0 aliphatic rings. The fourth-order valence-electron chi connectivity index (χ4n) is 2.01. The fraction of sp³-hybridized carbons (Fsp3) is 0.562. The molecular weight excluding hydrogens is 260 g/mol. The Bertz CT molecular complexity index is 415. The van der Waals surface area contributed by atoms with Crippen LogP contribution in [-0.2, 0) is 0 Å². The second-order valence-electron chi connectivity index (χ2n) is 4.92. The van der Waals surface area contributed by atoms with Crippen molar-refractivity contribution in [3.63, 3.8) is 0 Å². The maximum atomic E-state index is 11.6. The number of rotatable bonds is 8. The van der Waals surface area contributed by atoms with Crippen molar-refractivity contribution < 1.29 is 9.53 Å². The van der Waals surface area contributed by atoms with Crippen LogP contribution in [0.2, 0.25) is 5.02 Å². The lowest BCUT2D eigenvalue weighted by molar-refractivity contribution is 0.101. The summed E-state index contributed by atoms with van der Waals surface area (Å²) in [5, 5.41) is 0.565. The van der Waals surface area contributed by atoms with Gasteiger partial charge in [-0.25, -0.2) is 0 Å². The van der Waals surface area contributed by atoms with E-state index < -0.39 is 0 Å². The number of hydrogen-bond acceptors (Lipinski definition) is 2. The monoisotopic (exact) mass is 282 g/mol. The first-order valence-corrected chi connectivity index (χ1v) is 7.39. The van der Waals surface area contributed by atoms with Crippen LogP contribution < -0.4 is 4.74 Å². The molecule has 0 amide bonds. The Hall–Kier alpha value is -1.02. The standard InChI is InChI=1S/C16H23ClO2/c1-4-6-7-13(5-2)11-19-16-9-8-14(17)10-15(16)12(3)18/h8-10,13H,4-7,11H2,1-3H3. The van der Waals surface area contributed by atoms with Crippen molar-refractivity contribution >= 4 is 17.4 Å². The molecule has 19 heavy (non-hydrogen) atoms. The second kappa shape index (κ2) is 8.21. The lowest BCUT2D eigenvalue weighted by atomic mass is 10.0. The summed E-state index contributed by atoms with van der Waals surface area (Å²) < 4.78 is 5.82. The van der Waals surface area contributed by atoms with E-state index in [9.17, 15) is 4.79 Å². The largest absolute Gasteiger partial charge is 0.493 e. The minimum absolute atomic E-state index is 0.0147. The Morgan fingerprint density at radius 2 is 2.11 bits per heavy atom. The SMILES string of the molecule is CCCCC(CC)COc1ccc(Cl)cc1C(C)=O. The fourth-order valence-corrected chi connectivity index (χ4v) is 2.18. The van der Waals surface area contributed by atoms with Gasteiger partial charge >= 0.3 is 0 Å². The van der Waals surface area contributed by atoms with Crippen LogP contribution in [0, 0.1) is 5.92 Å². The smallest absolute Gasteiger partial charge is 0.163 e. The van der Waals surface area contributed by atoms with E-state index in [1.165, 1.54) is 26.2 Å². The van der Waals surface area contributed by atoms with Gasteiger partial charge in [0.1, 0.15) is 5.75 Å². The molecule has 0 aliphatic heterocycles. The van der Waals surface area contributed by atoms with Crippen molar-refractivity contribution in [2.24, 2.45) is 5.92 Å². The summed E-state index contributed by atoms with van der Waals surface area (Å²) in [7, 11) is 0. The van der Waals surface area contributed by atoms with Crippen LogP contribution in [0.5, 0.6) is 5.75 Å². The first-order valence-electron chi connectivity index (χ1n) is 7.01. The predicted molar refractivity (Wildman–Crippen MR) is 80.3 cm³/mol. The average Bonchev–Trinajstić information content (AvgIpc) is 2.40. The Morgan fingerprint density at radius 1 is 1.37 bits per heavy atom. The summed E-state index contributed by atoms with van der Waals surface area (Å²) in [6, 6.07) is 5.22. The number of carbonyl (C=O) groups is 1. The highest BCUT2D eigenvalue weighted by atomic mass is 35.5. The molecule has 0 fully saturated rings. The summed E-state index contributed by atoms with van der Waals surface area (Å²) in [4.78, 5) is 11.6. The molecule has 1 unspecified atom stereocenters. The first kappa shape index (κ1) is 16.0. The van der Waals surface area contributed by atoms with E-state index in [1.54, 1.807) is 18.2 Å². The van der Waals surface area contributed by atoms with Gasteiger partial charge in [0.05, 0.1) is 12.2 Å². The van der Waals surface area contributed by atoms with Gasteiger partial charge in [-0.05, 0) is 37.5 Å². The Balaban J connectivity index is 2.68. The second-order valence-corrected chi connectivity index (χ2v) is 5.36. The molecule has 1 rings (SSSR count). The van der Waals surface area contributed by atoms with E-state index in [1.807, 2.05) is 0 Å². The van der Waals surface area contributed by atoms with Gasteiger partial charge in [0.15, 0.2) is 5.78 Å². The molecule has 0 spiro atoms. The molecule has 0 N–H and O–H groups in total. The molecule has 0 saturated heterocycles. The molecule has 0 bridgehead atoms. The van der Waals surface area contributed by atoms with E-state index >= 15 is 0 Å². The summed E-state index contributed by atoms with van der Waals surface area (Å²) in [5.41, 5.74) is 0.567. The number of Topliss-reactive ketones (excluding diaryl/α,β-unsaturated/α-hetero) is 1. The molecule has 0 heterocycles. The average molecular weight is 283 g/mol. The highest BCUT2D eigenvalue weighted by Gasteiger charge is 2.12. The number of benzene rings is 1. The molecule has 1 aromatic rings. The molecule has 3 heteroatoms. The number of hydrogen-bond donors (Lipinski definition) is 0. The molecule has 106 valence electrons. The van der Waals surface area contributed by atoms with Gasteiger partial charge in [0, 0.05) is 5.02 Å². The van der Waals surface area contributed by atoms with Crippen LogP contribution in [0.4, 0.5) is 0 Å². The molecule has 1 atom stereocenters. The topological polar surface area (TPSA) is 26.3 Å². The highest BCUT2D eigenvalue weighted by molar-refractivity contribution is 6.31. The lowest BCUT2D eigenvalue weighted by Gasteiger charge is -2.17. The number of carbonyl (C=O) groups excluding carboxylic acids is 1. The zero-order valence-electron chi connectivity index (χ0n) is 12.0. The van der Waals surface area contributed by atoms with Crippen molar-refractivity contribution in [1.29, 1.82) is 0 Å². The molecule has 2 nitrogen and oxygen atoms in total. The van der Waals surface area contributed by atoms with Gasteiger partial charge in [-0.15, -0.1) is 0 Å². The number of unbranched alkanes of at least 4 members (excludes halogenated alkanes) is 1. The maximum Gasteiger partial charge on any atom is 0.163 e. The number of ether oxygens (including phenoxy) is 1. The van der Waals surface area contributed by atoms with E-state index in [4.69, 9.17) is 16.3 Å². The molecule has 0 saturated carbocycles. The lowest BCUT2D eigenvalue weighted by Crippen LogP contribution is -2.12. The molecule has 0 radical (unpaired) electrons. The quantitative estimate of drug-likeness (QED) is 0.617. The third-order valence-electron chi connectivity index (χ3n) is 3.34. The van der Waals surface area contributed by atoms with Crippen molar-refractivity contribution in [2.45, 2.75) is 46.5 Å². The van der Waals surface area contributed by atoms with Gasteiger partial charge in [-0.3, -0.25) is 4.79 Å². The minimum Gasteiger partial charge on any atom is -0.493 e. The Labute approximate surface area is 121 Å². The van der Waals surface area contributed by atoms with Crippen LogP contribution >= 0.6 is 11.6 Å². The summed E-state index contributed by atoms with van der Waals surface area (Å²) in [5.74, 6) is 1.18. The summed E-state index contributed by atoms with van der Waals surface area (Å²) in [6.07, 6.45) is 4.71.